The van der Waals surface area contributed by atoms with Gasteiger partial charge in [-0.1, -0.05) is 36.0 Å². The Morgan fingerprint density at radius 2 is 1.86 bits per heavy atom. The highest BCUT2D eigenvalue weighted by Gasteiger charge is 2.15. The molecule has 1 aromatic heterocycles. The molecule has 36 heavy (non-hydrogen) atoms. The van der Waals surface area contributed by atoms with E-state index in [1.165, 1.54) is 0 Å². The molecule has 11 heteroatoms. The first-order valence-electron chi connectivity index (χ1n) is 11.7. The zero-order chi connectivity index (χ0) is 25.1. The monoisotopic (exact) mass is 534 g/mol. The Morgan fingerprint density at radius 3 is 2.58 bits per heavy atom. The largest absolute Gasteiger partial charge is 0.490 e. The SMILES string of the molecule is CCOc1cc(CNCCCSc2nnnn2-c2ccccc2)ccc1OCC(=O)NC(C)(C)C.Cl. The van der Waals surface area contributed by atoms with E-state index >= 15 is 0 Å². The van der Waals surface area contributed by atoms with Gasteiger partial charge in [0.25, 0.3) is 5.91 Å². The zero-order valence-electron chi connectivity index (χ0n) is 21.2. The summed E-state index contributed by atoms with van der Waals surface area (Å²) in [5, 5.41) is 19.1. The fourth-order valence-electron chi connectivity index (χ4n) is 3.24. The van der Waals surface area contributed by atoms with E-state index in [9.17, 15) is 4.79 Å². The maximum absolute atomic E-state index is 12.1. The van der Waals surface area contributed by atoms with Gasteiger partial charge in [0.15, 0.2) is 18.1 Å². The number of halogens is 1. The van der Waals surface area contributed by atoms with Crippen LogP contribution in [0.25, 0.3) is 5.69 Å². The Kier molecular flexibility index (Phi) is 12.0. The van der Waals surface area contributed by atoms with E-state index in [2.05, 4.69) is 26.2 Å². The third-order valence-corrected chi connectivity index (χ3v) is 5.69. The lowest BCUT2D eigenvalue weighted by Crippen LogP contribution is -2.43. The molecule has 9 nitrogen and oxygen atoms in total. The molecule has 0 aliphatic rings. The minimum absolute atomic E-state index is 0. The van der Waals surface area contributed by atoms with Crippen LogP contribution in [0.4, 0.5) is 0 Å². The average Bonchev–Trinajstić information content (AvgIpc) is 3.29. The van der Waals surface area contributed by atoms with Crippen molar-refractivity contribution in [3.8, 4) is 17.2 Å². The Hall–Kier alpha value is -2.82. The second-order valence-corrected chi connectivity index (χ2v) is 9.95. The smallest absolute Gasteiger partial charge is 0.258 e. The van der Waals surface area contributed by atoms with Crippen molar-refractivity contribution in [1.29, 1.82) is 0 Å². The minimum Gasteiger partial charge on any atom is -0.490 e. The second kappa shape index (κ2) is 14.7. The van der Waals surface area contributed by atoms with Gasteiger partial charge in [-0.05, 0) is 80.9 Å². The summed E-state index contributed by atoms with van der Waals surface area (Å²) in [6.45, 7) is 9.75. The third-order valence-electron chi connectivity index (χ3n) is 4.68. The van der Waals surface area contributed by atoms with Crippen LogP contribution < -0.4 is 20.1 Å². The van der Waals surface area contributed by atoms with Crippen LogP contribution in [-0.2, 0) is 11.3 Å². The summed E-state index contributed by atoms with van der Waals surface area (Å²) in [7, 11) is 0. The molecule has 0 bridgehead atoms. The van der Waals surface area contributed by atoms with E-state index in [1.807, 2.05) is 76.2 Å². The van der Waals surface area contributed by atoms with Crippen LogP contribution in [0, 0.1) is 0 Å². The minimum atomic E-state index is -0.298. The van der Waals surface area contributed by atoms with Crippen molar-refractivity contribution in [3.63, 3.8) is 0 Å². The number of aromatic nitrogens is 4. The molecule has 0 saturated heterocycles. The molecule has 0 aliphatic carbocycles. The number of ether oxygens (including phenoxy) is 2. The Balaban J connectivity index is 0.00000456. The van der Waals surface area contributed by atoms with E-state index in [1.54, 1.807) is 16.4 Å². The van der Waals surface area contributed by atoms with Crippen LogP contribution in [0.15, 0.2) is 53.7 Å². The van der Waals surface area contributed by atoms with Crippen molar-refractivity contribution in [3.05, 3.63) is 54.1 Å². The number of carbonyl (C=O) groups is 1. The van der Waals surface area contributed by atoms with Gasteiger partial charge in [0.05, 0.1) is 12.3 Å². The quantitative estimate of drug-likeness (QED) is 0.250. The number of hydrogen-bond donors (Lipinski definition) is 2. The number of benzene rings is 2. The van der Waals surface area contributed by atoms with Gasteiger partial charge in [0.2, 0.25) is 5.16 Å². The predicted octanol–water partition coefficient (Wildman–Crippen LogP) is 4.05. The molecular weight excluding hydrogens is 500 g/mol. The van der Waals surface area contributed by atoms with Crippen molar-refractivity contribution in [2.75, 3.05) is 25.5 Å². The first-order valence-corrected chi connectivity index (χ1v) is 12.7. The summed E-state index contributed by atoms with van der Waals surface area (Å²) in [5.74, 6) is 1.93. The number of para-hydroxylation sites is 1. The molecule has 0 unspecified atom stereocenters. The molecule has 3 aromatic rings. The van der Waals surface area contributed by atoms with Gasteiger partial charge in [0, 0.05) is 17.8 Å². The summed E-state index contributed by atoms with van der Waals surface area (Å²) in [6, 6.07) is 15.7. The number of hydrogen-bond acceptors (Lipinski definition) is 8. The lowest BCUT2D eigenvalue weighted by Gasteiger charge is -2.21. The van der Waals surface area contributed by atoms with Crippen LogP contribution in [0.3, 0.4) is 0 Å². The molecule has 2 N–H and O–H groups in total. The third kappa shape index (κ3) is 9.67. The summed E-state index contributed by atoms with van der Waals surface area (Å²) in [6.07, 6.45) is 0.967. The molecular formula is C25H35ClN6O3S. The number of nitrogens with one attached hydrogen (secondary N) is 2. The molecule has 0 spiro atoms. The van der Waals surface area contributed by atoms with Crippen LogP contribution in [0.1, 0.15) is 39.7 Å². The number of carbonyl (C=O) groups excluding carboxylic acids is 1. The van der Waals surface area contributed by atoms with Gasteiger partial charge in [0.1, 0.15) is 0 Å². The maximum Gasteiger partial charge on any atom is 0.258 e. The molecule has 0 fully saturated rings. The van der Waals surface area contributed by atoms with Gasteiger partial charge in [-0.3, -0.25) is 4.79 Å². The molecule has 0 aliphatic heterocycles. The molecule has 1 amide bonds. The molecule has 1 heterocycles. The average molecular weight is 535 g/mol. The first kappa shape index (κ1) is 29.4. The summed E-state index contributed by atoms with van der Waals surface area (Å²) < 4.78 is 13.2. The van der Waals surface area contributed by atoms with Gasteiger partial charge in [-0.15, -0.1) is 17.5 Å². The number of rotatable bonds is 13. The van der Waals surface area contributed by atoms with Crippen LogP contribution in [-0.4, -0.2) is 57.2 Å². The second-order valence-electron chi connectivity index (χ2n) is 8.89. The topological polar surface area (TPSA) is 103 Å². The Bertz CT molecular complexity index is 1080. The Morgan fingerprint density at radius 1 is 1.08 bits per heavy atom. The van der Waals surface area contributed by atoms with Crippen molar-refractivity contribution < 1.29 is 14.3 Å². The van der Waals surface area contributed by atoms with E-state index in [0.717, 1.165) is 35.1 Å². The number of thioether (sulfide) groups is 1. The van der Waals surface area contributed by atoms with Gasteiger partial charge < -0.3 is 20.1 Å². The molecule has 196 valence electrons. The highest BCUT2D eigenvalue weighted by Crippen LogP contribution is 2.28. The lowest BCUT2D eigenvalue weighted by molar-refractivity contribution is -0.124. The van der Waals surface area contributed by atoms with Crippen molar-refractivity contribution >= 4 is 30.1 Å². The predicted molar refractivity (Wildman–Crippen MR) is 144 cm³/mol. The first-order chi connectivity index (χ1) is 16.9. The number of amides is 1. The highest BCUT2D eigenvalue weighted by molar-refractivity contribution is 7.99. The van der Waals surface area contributed by atoms with Crippen LogP contribution >= 0.6 is 24.2 Å². The van der Waals surface area contributed by atoms with Crippen molar-refractivity contribution in [2.24, 2.45) is 0 Å². The highest BCUT2D eigenvalue weighted by atomic mass is 35.5. The number of nitrogens with zero attached hydrogens (tertiary/aromatic N) is 4. The number of tetrazole rings is 1. The van der Waals surface area contributed by atoms with Crippen molar-refractivity contribution in [1.82, 2.24) is 30.8 Å². The van der Waals surface area contributed by atoms with Gasteiger partial charge >= 0.3 is 0 Å². The fourth-order valence-corrected chi connectivity index (χ4v) is 4.07. The summed E-state index contributed by atoms with van der Waals surface area (Å²) in [4.78, 5) is 12.1. The van der Waals surface area contributed by atoms with Gasteiger partial charge in [-0.25, -0.2) is 0 Å². The van der Waals surface area contributed by atoms with Gasteiger partial charge in [-0.2, -0.15) is 4.68 Å². The zero-order valence-corrected chi connectivity index (χ0v) is 22.8. The summed E-state index contributed by atoms with van der Waals surface area (Å²) >= 11 is 1.63. The van der Waals surface area contributed by atoms with E-state index in [0.29, 0.717) is 24.7 Å². The van der Waals surface area contributed by atoms with Crippen LogP contribution in [0.5, 0.6) is 11.5 Å². The molecule has 0 saturated carbocycles. The molecule has 3 rings (SSSR count). The molecule has 0 radical (unpaired) electrons. The van der Waals surface area contributed by atoms with E-state index in [-0.39, 0.29) is 30.5 Å². The Labute approximate surface area is 223 Å². The maximum atomic E-state index is 12.1. The lowest BCUT2D eigenvalue weighted by atomic mass is 10.1. The molecule has 2 aromatic carbocycles. The van der Waals surface area contributed by atoms with Crippen LogP contribution in [0.2, 0.25) is 0 Å². The van der Waals surface area contributed by atoms with Crippen molar-refractivity contribution in [2.45, 2.75) is 51.4 Å². The fraction of sp³-hybridized carbons (Fsp3) is 0.440. The standard InChI is InChI=1S/C25H34N6O3S.ClH/c1-5-33-22-16-19(12-13-21(22)34-18-23(32)27-25(2,3)4)17-26-14-9-15-35-24-28-29-30-31(24)20-10-7-6-8-11-20;/h6-8,10-13,16,26H,5,9,14-15,17-18H2,1-4H3,(H,27,32);1H. The molecule has 0 atom stereocenters. The van der Waals surface area contributed by atoms with E-state index in [4.69, 9.17) is 9.47 Å². The normalized spacial score (nSPS) is 11.0. The summed E-state index contributed by atoms with van der Waals surface area (Å²) in [5.41, 5.74) is 1.74. The van der Waals surface area contributed by atoms with E-state index < -0.39 is 0 Å².